The van der Waals surface area contributed by atoms with Crippen molar-refractivity contribution in [2.75, 3.05) is 13.7 Å². The predicted octanol–water partition coefficient (Wildman–Crippen LogP) is 0.0959. The fourth-order valence-electron chi connectivity index (χ4n) is 3.04. The molecular formula is C18H20O9. The Labute approximate surface area is 153 Å². The van der Waals surface area contributed by atoms with Crippen LogP contribution in [0.4, 0.5) is 0 Å². The van der Waals surface area contributed by atoms with Crippen LogP contribution in [0.15, 0.2) is 27.4 Å². The van der Waals surface area contributed by atoms with Crippen molar-refractivity contribution >= 4 is 16.9 Å². The second-order valence-electron chi connectivity index (χ2n) is 6.25. The summed E-state index contributed by atoms with van der Waals surface area (Å²) in [6.07, 6.45) is -4.61. The molecule has 27 heavy (non-hydrogen) atoms. The van der Waals surface area contributed by atoms with Crippen LogP contribution in [0.1, 0.15) is 22.3 Å². The maximum absolute atomic E-state index is 12.3. The average Bonchev–Trinajstić information content (AvgIpc) is 2.63. The monoisotopic (exact) mass is 380 g/mol. The largest absolute Gasteiger partial charge is 0.465 e. The van der Waals surface area contributed by atoms with Crippen molar-refractivity contribution in [1.82, 2.24) is 0 Å². The summed E-state index contributed by atoms with van der Waals surface area (Å²) in [5, 5.41) is 29.5. The molecule has 2 heterocycles. The molecule has 9 nitrogen and oxygen atoms in total. The summed E-state index contributed by atoms with van der Waals surface area (Å²) < 4.78 is 21.1. The van der Waals surface area contributed by atoms with Crippen LogP contribution in [0.3, 0.4) is 0 Å². The van der Waals surface area contributed by atoms with Crippen molar-refractivity contribution in [3.8, 4) is 5.75 Å². The van der Waals surface area contributed by atoms with Gasteiger partial charge in [-0.2, -0.15) is 0 Å². The van der Waals surface area contributed by atoms with Gasteiger partial charge in [0.2, 0.25) is 6.29 Å². The Morgan fingerprint density at radius 1 is 1.33 bits per heavy atom. The Morgan fingerprint density at radius 3 is 2.74 bits per heavy atom. The topological polar surface area (TPSA) is 136 Å². The number of carbonyl (C=O) groups excluding carboxylic acids is 1. The minimum absolute atomic E-state index is 0.0134. The third-order valence-corrected chi connectivity index (χ3v) is 4.44. The van der Waals surface area contributed by atoms with Gasteiger partial charge < -0.3 is 33.9 Å². The van der Waals surface area contributed by atoms with E-state index >= 15 is 0 Å². The minimum atomic E-state index is -1.26. The number of methoxy groups -OCH3 is 1. The van der Waals surface area contributed by atoms with E-state index in [4.69, 9.17) is 18.6 Å². The van der Waals surface area contributed by atoms with Crippen molar-refractivity contribution in [3.05, 3.63) is 39.7 Å². The maximum atomic E-state index is 12.3. The zero-order valence-corrected chi connectivity index (χ0v) is 14.7. The van der Waals surface area contributed by atoms with E-state index < -0.39 is 42.8 Å². The van der Waals surface area contributed by atoms with Crippen LogP contribution in [-0.4, -0.2) is 59.6 Å². The van der Waals surface area contributed by atoms with Crippen LogP contribution in [0.2, 0.25) is 0 Å². The van der Waals surface area contributed by atoms with E-state index in [0.717, 1.165) is 0 Å². The lowest BCUT2D eigenvalue weighted by atomic mass is 10.0. The molecule has 0 radical (unpaired) electrons. The summed E-state index contributed by atoms with van der Waals surface area (Å²) in [4.78, 5) is 24.1. The third kappa shape index (κ3) is 3.67. The Balaban J connectivity index is 2.04. The first-order valence-corrected chi connectivity index (χ1v) is 8.30. The van der Waals surface area contributed by atoms with Gasteiger partial charge in [-0.3, -0.25) is 0 Å². The Hall–Kier alpha value is -2.46. The summed E-state index contributed by atoms with van der Waals surface area (Å²) in [6, 6.07) is 4.42. The van der Waals surface area contributed by atoms with Crippen molar-refractivity contribution in [2.45, 2.75) is 37.9 Å². The van der Waals surface area contributed by atoms with Crippen LogP contribution < -0.4 is 10.4 Å². The fraction of sp³-hybridized carbons (Fsp3) is 0.444. The molecule has 0 saturated carbocycles. The molecule has 0 amide bonds. The minimum Gasteiger partial charge on any atom is -0.465 e. The highest BCUT2D eigenvalue weighted by molar-refractivity contribution is 6.05. The normalized spacial score (nSPS) is 25.4. The number of aliphatic hydroxyl groups excluding tert-OH is 3. The molecule has 146 valence electrons. The Bertz CT molecular complexity index is 904. The van der Waals surface area contributed by atoms with Gasteiger partial charge in [-0.1, -0.05) is 0 Å². The smallest absolute Gasteiger partial charge is 0.345 e. The number of hydrogen-bond acceptors (Lipinski definition) is 9. The number of hydrogen-bond donors (Lipinski definition) is 3. The number of carbonyl (C=O) groups is 1. The number of aryl methyl sites for hydroxylation is 1. The molecule has 1 aliphatic heterocycles. The first-order valence-electron chi connectivity index (χ1n) is 8.30. The van der Waals surface area contributed by atoms with Crippen molar-refractivity contribution in [3.63, 3.8) is 0 Å². The molecule has 2 aromatic rings. The standard InChI is InChI=1S/C18H20O9/c1-8-5-13(21)27-17-9(8)3-4-11(15(17)18(23)24-2)25-14-6-10(20)16(22)12(7-19)26-14/h3-5,10,12,14,16,19-20,22H,6-7H2,1-2H3. The van der Waals surface area contributed by atoms with Gasteiger partial charge >= 0.3 is 11.6 Å². The first kappa shape index (κ1) is 19.3. The third-order valence-electron chi connectivity index (χ3n) is 4.44. The molecule has 4 unspecified atom stereocenters. The highest BCUT2D eigenvalue weighted by Crippen LogP contribution is 2.32. The number of fused-ring (bicyclic) bond motifs is 1. The molecule has 3 rings (SSSR count). The van der Waals surface area contributed by atoms with Gasteiger partial charge in [0.1, 0.15) is 23.5 Å². The Morgan fingerprint density at radius 2 is 2.07 bits per heavy atom. The van der Waals surface area contributed by atoms with Gasteiger partial charge in [0.15, 0.2) is 5.58 Å². The molecule has 1 saturated heterocycles. The van der Waals surface area contributed by atoms with Gasteiger partial charge in [0.25, 0.3) is 0 Å². The quantitative estimate of drug-likeness (QED) is 0.498. The molecular weight excluding hydrogens is 360 g/mol. The molecule has 1 fully saturated rings. The van der Waals surface area contributed by atoms with E-state index in [-0.39, 0.29) is 23.3 Å². The van der Waals surface area contributed by atoms with E-state index in [9.17, 15) is 24.9 Å². The molecule has 3 N–H and O–H groups in total. The predicted molar refractivity (Wildman–Crippen MR) is 91.6 cm³/mol. The zero-order valence-electron chi connectivity index (χ0n) is 14.7. The second kappa shape index (κ2) is 7.65. The van der Waals surface area contributed by atoms with E-state index in [2.05, 4.69) is 0 Å². The molecule has 0 bridgehead atoms. The molecule has 0 aliphatic carbocycles. The summed E-state index contributed by atoms with van der Waals surface area (Å²) in [5.74, 6) is -0.757. The highest BCUT2D eigenvalue weighted by Gasteiger charge is 2.38. The Kier molecular flexibility index (Phi) is 5.47. The number of aliphatic hydroxyl groups is 3. The molecule has 4 atom stereocenters. The van der Waals surface area contributed by atoms with Gasteiger partial charge in [-0.05, 0) is 24.6 Å². The summed E-state index contributed by atoms with van der Waals surface area (Å²) in [5.41, 5.74) is -0.0964. The SMILES string of the molecule is COC(=O)c1c(OC2CC(O)C(O)C(CO)O2)ccc2c(C)cc(=O)oc12. The number of esters is 1. The van der Waals surface area contributed by atoms with Crippen LogP contribution in [0.5, 0.6) is 5.75 Å². The van der Waals surface area contributed by atoms with E-state index in [0.29, 0.717) is 10.9 Å². The summed E-state index contributed by atoms with van der Waals surface area (Å²) in [6.45, 7) is 1.18. The van der Waals surface area contributed by atoms with Crippen molar-refractivity contribution < 1.29 is 38.7 Å². The molecule has 0 spiro atoms. The number of benzene rings is 1. The first-order chi connectivity index (χ1) is 12.8. The van der Waals surface area contributed by atoms with Gasteiger partial charge in [0.05, 0.1) is 19.8 Å². The lowest BCUT2D eigenvalue weighted by Gasteiger charge is -2.36. The van der Waals surface area contributed by atoms with Crippen molar-refractivity contribution in [1.29, 1.82) is 0 Å². The fourth-order valence-corrected chi connectivity index (χ4v) is 3.04. The maximum Gasteiger partial charge on any atom is 0.345 e. The summed E-state index contributed by atoms with van der Waals surface area (Å²) in [7, 11) is 1.18. The molecule has 1 aromatic heterocycles. The van der Waals surface area contributed by atoms with Crippen LogP contribution in [-0.2, 0) is 9.47 Å². The molecule has 9 heteroatoms. The molecule has 1 aromatic carbocycles. The van der Waals surface area contributed by atoms with Crippen molar-refractivity contribution in [2.24, 2.45) is 0 Å². The lowest BCUT2D eigenvalue weighted by molar-refractivity contribution is -0.230. The summed E-state index contributed by atoms with van der Waals surface area (Å²) >= 11 is 0. The molecule has 1 aliphatic rings. The number of ether oxygens (including phenoxy) is 3. The highest BCUT2D eigenvalue weighted by atomic mass is 16.7. The van der Waals surface area contributed by atoms with Crippen LogP contribution in [0, 0.1) is 6.92 Å². The van der Waals surface area contributed by atoms with Crippen LogP contribution >= 0.6 is 0 Å². The van der Waals surface area contributed by atoms with E-state index in [1.165, 1.54) is 19.2 Å². The van der Waals surface area contributed by atoms with Crippen LogP contribution in [0.25, 0.3) is 11.0 Å². The average molecular weight is 380 g/mol. The second-order valence-corrected chi connectivity index (χ2v) is 6.25. The zero-order chi connectivity index (χ0) is 19.7. The number of rotatable bonds is 4. The van der Waals surface area contributed by atoms with E-state index in [1.54, 1.807) is 13.0 Å². The van der Waals surface area contributed by atoms with Gasteiger partial charge in [0, 0.05) is 17.9 Å². The van der Waals surface area contributed by atoms with Gasteiger partial charge in [-0.25, -0.2) is 9.59 Å². The van der Waals surface area contributed by atoms with E-state index in [1.807, 2.05) is 0 Å². The van der Waals surface area contributed by atoms with Gasteiger partial charge in [-0.15, -0.1) is 0 Å². The lowest BCUT2D eigenvalue weighted by Crippen LogP contribution is -2.51.